The highest BCUT2D eigenvalue weighted by Crippen LogP contribution is 2.24. The average molecular weight is 360 g/mol. The molecule has 0 amide bonds. The Morgan fingerprint density at radius 2 is 2.32 bits per heavy atom. The number of rotatable bonds is 5. The molecule has 4 rings (SSSR count). The molecule has 1 fully saturated rings. The number of benzene rings is 1. The van der Waals surface area contributed by atoms with E-state index in [1.54, 1.807) is 6.20 Å². The van der Waals surface area contributed by atoms with Crippen molar-refractivity contribution in [3.63, 3.8) is 0 Å². The Morgan fingerprint density at radius 1 is 1.36 bits per heavy atom. The fraction of sp³-hybridized carbons (Fsp3) is 0.353. The Morgan fingerprint density at radius 3 is 3.24 bits per heavy atom. The summed E-state index contributed by atoms with van der Waals surface area (Å²) in [5.41, 5.74) is 0.719. The Labute approximate surface area is 149 Å². The number of H-pyrrole nitrogens is 1. The van der Waals surface area contributed by atoms with E-state index in [1.807, 2.05) is 24.3 Å². The van der Waals surface area contributed by atoms with Gasteiger partial charge in [0.2, 0.25) is 0 Å². The second-order valence-electron chi connectivity index (χ2n) is 6.00. The van der Waals surface area contributed by atoms with Gasteiger partial charge < -0.3 is 14.8 Å². The first-order chi connectivity index (χ1) is 12.3. The highest BCUT2D eigenvalue weighted by atomic mass is 35.5. The largest absolute Gasteiger partial charge is 0.493 e. The topological polar surface area (TPSA) is 85.0 Å². The Kier molecular flexibility index (Phi) is 4.67. The van der Waals surface area contributed by atoms with Gasteiger partial charge in [0.1, 0.15) is 17.9 Å². The van der Waals surface area contributed by atoms with Crippen LogP contribution in [0.2, 0.25) is 5.02 Å². The van der Waals surface area contributed by atoms with Crippen LogP contribution in [0.4, 0.5) is 5.82 Å². The molecule has 2 unspecified atom stereocenters. The quantitative estimate of drug-likeness (QED) is 0.728. The minimum atomic E-state index is 0.195. The number of fused-ring (bicyclic) bond motifs is 1. The number of nitrogens with one attached hydrogen (secondary N) is 2. The predicted molar refractivity (Wildman–Crippen MR) is 95.0 cm³/mol. The maximum absolute atomic E-state index is 6.01. The van der Waals surface area contributed by atoms with Gasteiger partial charge in [-0.15, -0.1) is 0 Å². The second kappa shape index (κ2) is 7.25. The van der Waals surface area contributed by atoms with Crippen LogP contribution in [0.25, 0.3) is 11.0 Å². The SMILES string of the molecule is Clc1cccc(OCC2COCCC2Nc2ncnc3[nH]ncc23)c1. The summed E-state index contributed by atoms with van der Waals surface area (Å²) in [5, 5.41) is 11.9. The lowest BCUT2D eigenvalue weighted by Crippen LogP contribution is -2.41. The molecule has 8 heteroatoms. The number of aromatic nitrogens is 4. The summed E-state index contributed by atoms with van der Waals surface area (Å²) in [6.07, 6.45) is 4.14. The summed E-state index contributed by atoms with van der Waals surface area (Å²) in [5.74, 6) is 1.74. The monoisotopic (exact) mass is 359 g/mol. The number of ether oxygens (including phenoxy) is 2. The average Bonchev–Trinajstić information content (AvgIpc) is 3.11. The van der Waals surface area contributed by atoms with Crippen LogP contribution >= 0.6 is 11.6 Å². The van der Waals surface area contributed by atoms with Gasteiger partial charge in [-0.3, -0.25) is 5.10 Å². The second-order valence-corrected chi connectivity index (χ2v) is 6.43. The summed E-state index contributed by atoms with van der Waals surface area (Å²) in [6.45, 7) is 1.89. The van der Waals surface area contributed by atoms with Gasteiger partial charge >= 0.3 is 0 Å². The van der Waals surface area contributed by atoms with Gasteiger partial charge in [-0.1, -0.05) is 17.7 Å². The predicted octanol–water partition coefficient (Wildman–Crippen LogP) is 2.90. The van der Waals surface area contributed by atoms with Crippen molar-refractivity contribution in [1.29, 1.82) is 0 Å². The van der Waals surface area contributed by atoms with E-state index in [9.17, 15) is 0 Å². The molecule has 25 heavy (non-hydrogen) atoms. The van der Waals surface area contributed by atoms with Crippen LogP contribution in [0.5, 0.6) is 5.75 Å². The van der Waals surface area contributed by atoms with Gasteiger partial charge in [0.05, 0.1) is 24.8 Å². The number of hydrogen-bond donors (Lipinski definition) is 2. The molecule has 2 N–H and O–H groups in total. The number of anilines is 1. The van der Waals surface area contributed by atoms with Crippen molar-refractivity contribution in [2.75, 3.05) is 25.1 Å². The summed E-state index contributed by atoms with van der Waals surface area (Å²) in [6, 6.07) is 7.61. The number of hydrogen-bond acceptors (Lipinski definition) is 6. The summed E-state index contributed by atoms with van der Waals surface area (Å²) in [4.78, 5) is 8.52. The first-order valence-electron chi connectivity index (χ1n) is 8.16. The smallest absolute Gasteiger partial charge is 0.160 e. The van der Waals surface area contributed by atoms with Gasteiger partial charge in [-0.05, 0) is 24.6 Å². The van der Waals surface area contributed by atoms with Gasteiger partial charge in [0.25, 0.3) is 0 Å². The van der Waals surface area contributed by atoms with Crippen LogP contribution in [-0.4, -0.2) is 46.0 Å². The fourth-order valence-corrected chi connectivity index (χ4v) is 3.15. The molecule has 2 aromatic heterocycles. The van der Waals surface area contributed by atoms with E-state index < -0.39 is 0 Å². The molecular weight excluding hydrogens is 342 g/mol. The van der Waals surface area contributed by atoms with Crippen LogP contribution < -0.4 is 10.1 Å². The Hall–Kier alpha value is -2.38. The lowest BCUT2D eigenvalue weighted by Gasteiger charge is -2.32. The van der Waals surface area contributed by atoms with Crippen LogP contribution in [0.3, 0.4) is 0 Å². The van der Waals surface area contributed by atoms with Gasteiger partial charge in [-0.25, -0.2) is 9.97 Å². The number of halogens is 1. The van der Waals surface area contributed by atoms with Crippen LogP contribution in [-0.2, 0) is 4.74 Å². The third-order valence-electron chi connectivity index (χ3n) is 4.30. The molecule has 0 aliphatic carbocycles. The van der Waals surface area contributed by atoms with E-state index >= 15 is 0 Å². The van der Waals surface area contributed by atoms with E-state index in [4.69, 9.17) is 21.1 Å². The van der Waals surface area contributed by atoms with E-state index in [-0.39, 0.29) is 12.0 Å². The third-order valence-corrected chi connectivity index (χ3v) is 4.54. The van der Waals surface area contributed by atoms with Gasteiger partial charge in [0.15, 0.2) is 5.65 Å². The first-order valence-corrected chi connectivity index (χ1v) is 8.54. The Bertz CT molecular complexity index is 856. The molecule has 0 radical (unpaired) electrons. The molecule has 7 nitrogen and oxygen atoms in total. The number of aromatic amines is 1. The minimum absolute atomic E-state index is 0.195. The van der Waals surface area contributed by atoms with Crippen molar-refractivity contribution in [1.82, 2.24) is 20.2 Å². The fourth-order valence-electron chi connectivity index (χ4n) is 2.97. The zero-order chi connectivity index (χ0) is 17.1. The normalized spacial score (nSPS) is 20.5. The van der Waals surface area contributed by atoms with E-state index in [0.29, 0.717) is 24.8 Å². The molecule has 3 heterocycles. The molecule has 1 aliphatic rings. The lowest BCUT2D eigenvalue weighted by molar-refractivity contribution is 0.0273. The summed E-state index contributed by atoms with van der Waals surface area (Å²) >= 11 is 6.01. The van der Waals surface area contributed by atoms with Crippen molar-refractivity contribution in [3.8, 4) is 5.75 Å². The molecule has 0 spiro atoms. The first kappa shape index (κ1) is 16.1. The lowest BCUT2D eigenvalue weighted by atomic mass is 9.96. The molecule has 130 valence electrons. The highest BCUT2D eigenvalue weighted by Gasteiger charge is 2.27. The van der Waals surface area contributed by atoms with E-state index in [1.165, 1.54) is 6.33 Å². The number of nitrogens with zero attached hydrogens (tertiary/aromatic N) is 3. The van der Waals surface area contributed by atoms with E-state index in [2.05, 4.69) is 25.5 Å². The molecule has 1 aliphatic heterocycles. The molecule has 0 saturated carbocycles. The molecule has 2 atom stereocenters. The highest BCUT2D eigenvalue weighted by molar-refractivity contribution is 6.30. The van der Waals surface area contributed by atoms with Crippen molar-refractivity contribution < 1.29 is 9.47 Å². The molecule has 0 bridgehead atoms. The standard InChI is InChI=1S/C17H18ClN5O2/c18-12-2-1-3-13(6-12)25-9-11-8-24-5-4-15(11)22-16-14-7-21-23-17(14)20-10-19-16/h1-3,6-7,10-11,15H,4-5,8-9H2,(H2,19,20,21,22,23). The zero-order valence-corrected chi connectivity index (χ0v) is 14.2. The molecule has 1 aromatic carbocycles. The van der Waals surface area contributed by atoms with Gasteiger partial charge in [-0.2, -0.15) is 5.10 Å². The maximum atomic E-state index is 6.01. The molecule has 3 aromatic rings. The van der Waals surface area contributed by atoms with Gasteiger partial charge in [0, 0.05) is 23.6 Å². The summed E-state index contributed by atoms with van der Waals surface area (Å²) in [7, 11) is 0. The molecule has 1 saturated heterocycles. The van der Waals surface area contributed by atoms with Crippen LogP contribution in [0, 0.1) is 5.92 Å². The third kappa shape index (κ3) is 3.67. The van der Waals surface area contributed by atoms with Crippen molar-refractivity contribution in [2.24, 2.45) is 5.92 Å². The van der Waals surface area contributed by atoms with Crippen LogP contribution in [0.15, 0.2) is 36.8 Å². The minimum Gasteiger partial charge on any atom is -0.493 e. The van der Waals surface area contributed by atoms with E-state index in [0.717, 1.165) is 29.0 Å². The Balaban J connectivity index is 1.46. The van der Waals surface area contributed by atoms with Crippen LogP contribution in [0.1, 0.15) is 6.42 Å². The summed E-state index contributed by atoms with van der Waals surface area (Å²) < 4.78 is 11.5. The van der Waals surface area contributed by atoms with Crippen molar-refractivity contribution in [3.05, 3.63) is 41.8 Å². The zero-order valence-electron chi connectivity index (χ0n) is 13.5. The molecular formula is C17H18ClN5O2. The maximum Gasteiger partial charge on any atom is 0.160 e. The van der Waals surface area contributed by atoms with Crippen molar-refractivity contribution >= 4 is 28.5 Å². The van der Waals surface area contributed by atoms with Crippen molar-refractivity contribution in [2.45, 2.75) is 12.5 Å².